The lowest BCUT2D eigenvalue weighted by Gasteiger charge is -2.14. The number of aliphatic imine (C=N–C) groups is 1. The molecule has 0 atom stereocenters. The predicted octanol–water partition coefficient (Wildman–Crippen LogP) is 5.66. The Balaban J connectivity index is 2.32. The fraction of sp³-hybridized carbons (Fsp3) is 0.235. The first-order valence-electron chi connectivity index (χ1n) is 7.06. The van der Waals surface area contributed by atoms with E-state index >= 15 is 0 Å². The van der Waals surface area contributed by atoms with Crippen molar-refractivity contribution in [1.29, 1.82) is 0 Å². The van der Waals surface area contributed by atoms with Gasteiger partial charge in [0.15, 0.2) is 0 Å². The number of rotatable bonds is 5. The van der Waals surface area contributed by atoms with Crippen LogP contribution in [0.1, 0.15) is 12.5 Å². The van der Waals surface area contributed by atoms with E-state index in [1.165, 1.54) is 0 Å². The zero-order valence-electron chi connectivity index (χ0n) is 12.9. The molecule has 0 unspecified atom stereocenters. The number of anilines is 2. The molecule has 2 aromatic rings. The summed E-state index contributed by atoms with van der Waals surface area (Å²) in [6, 6.07) is 11.3. The summed E-state index contributed by atoms with van der Waals surface area (Å²) in [6.07, 6.45) is 1.81. The molecule has 116 valence electrons. The highest BCUT2D eigenvalue weighted by Crippen LogP contribution is 2.32. The van der Waals surface area contributed by atoms with Crippen molar-refractivity contribution in [3.63, 3.8) is 0 Å². The highest BCUT2D eigenvalue weighted by Gasteiger charge is 2.07. The lowest BCUT2D eigenvalue weighted by atomic mass is 10.1. The van der Waals surface area contributed by atoms with Crippen LogP contribution in [0.4, 0.5) is 17.1 Å². The van der Waals surface area contributed by atoms with E-state index in [0.717, 1.165) is 29.2 Å². The molecule has 0 aliphatic heterocycles. The van der Waals surface area contributed by atoms with Crippen LogP contribution in [-0.4, -0.2) is 24.8 Å². The van der Waals surface area contributed by atoms with E-state index < -0.39 is 0 Å². The molecule has 0 aliphatic carbocycles. The second kappa shape index (κ2) is 7.52. The highest BCUT2D eigenvalue weighted by atomic mass is 35.5. The molecule has 22 heavy (non-hydrogen) atoms. The van der Waals surface area contributed by atoms with Crippen molar-refractivity contribution in [2.45, 2.75) is 13.8 Å². The van der Waals surface area contributed by atoms with Gasteiger partial charge in [-0.1, -0.05) is 29.3 Å². The van der Waals surface area contributed by atoms with Crippen LogP contribution in [0.3, 0.4) is 0 Å². The van der Waals surface area contributed by atoms with Crippen molar-refractivity contribution in [2.24, 2.45) is 4.99 Å². The van der Waals surface area contributed by atoms with Gasteiger partial charge in [-0.25, -0.2) is 4.99 Å². The minimum atomic E-state index is 0.640. The average molecular weight is 336 g/mol. The number of benzene rings is 2. The smallest absolute Gasteiger partial charge is 0.0909 e. The molecule has 0 aliphatic rings. The van der Waals surface area contributed by atoms with Crippen molar-refractivity contribution < 1.29 is 0 Å². The minimum Gasteiger partial charge on any atom is -0.366 e. The van der Waals surface area contributed by atoms with E-state index in [9.17, 15) is 0 Å². The van der Waals surface area contributed by atoms with Gasteiger partial charge in [0.2, 0.25) is 0 Å². The molecule has 0 fully saturated rings. The zero-order chi connectivity index (χ0) is 16.1. The summed E-state index contributed by atoms with van der Waals surface area (Å²) in [4.78, 5) is 6.51. The Hall–Kier alpha value is -1.71. The van der Waals surface area contributed by atoms with Crippen LogP contribution in [0, 0.1) is 6.92 Å². The molecule has 0 saturated carbocycles. The Bertz CT molecular complexity index is 684. The van der Waals surface area contributed by atoms with Gasteiger partial charge < -0.3 is 10.2 Å². The maximum Gasteiger partial charge on any atom is 0.0909 e. The maximum absolute atomic E-state index is 6.22. The van der Waals surface area contributed by atoms with Crippen molar-refractivity contribution in [3.8, 4) is 0 Å². The lowest BCUT2D eigenvalue weighted by Crippen LogP contribution is -2.14. The molecular weight excluding hydrogens is 317 g/mol. The third-order valence-electron chi connectivity index (χ3n) is 3.34. The van der Waals surface area contributed by atoms with Crippen molar-refractivity contribution in [2.75, 3.05) is 18.9 Å². The highest BCUT2D eigenvalue weighted by molar-refractivity contribution is 6.31. The average Bonchev–Trinajstić information content (AvgIpc) is 2.48. The second-order valence-corrected chi connectivity index (χ2v) is 5.92. The first-order chi connectivity index (χ1) is 10.5. The Morgan fingerprint density at radius 3 is 2.64 bits per heavy atom. The van der Waals surface area contributed by atoms with E-state index in [4.69, 9.17) is 23.2 Å². The number of nitrogens with zero attached hydrogens (tertiary/aromatic N) is 2. The molecule has 2 rings (SSSR count). The van der Waals surface area contributed by atoms with E-state index in [-0.39, 0.29) is 0 Å². The van der Waals surface area contributed by atoms with Crippen LogP contribution in [0.5, 0.6) is 0 Å². The predicted molar refractivity (Wildman–Crippen MR) is 97.4 cm³/mol. The van der Waals surface area contributed by atoms with Crippen LogP contribution < -0.4 is 5.32 Å². The van der Waals surface area contributed by atoms with Crippen LogP contribution in [0.15, 0.2) is 41.4 Å². The molecule has 0 heterocycles. The van der Waals surface area contributed by atoms with E-state index in [0.29, 0.717) is 10.0 Å². The normalized spacial score (nSPS) is 11.0. The van der Waals surface area contributed by atoms with Crippen LogP contribution in [-0.2, 0) is 0 Å². The van der Waals surface area contributed by atoms with Crippen LogP contribution in [0.25, 0.3) is 0 Å². The molecular formula is C17H19Cl2N3. The number of hydrogen-bond donors (Lipinski definition) is 1. The summed E-state index contributed by atoms with van der Waals surface area (Å²) >= 11 is 12.2. The van der Waals surface area contributed by atoms with E-state index in [2.05, 4.69) is 17.2 Å². The van der Waals surface area contributed by atoms with Gasteiger partial charge in [0.1, 0.15) is 0 Å². The molecule has 1 N–H and O–H groups in total. The standard InChI is InChI=1S/C17H19Cl2N3/c1-4-22(3)11-20-16-9-14(19)10-17(12(16)2)21-15-7-5-6-13(18)8-15/h5-11,21H,4H2,1-3H3/b20-11-. The van der Waals surface area contributed by atoms with Gasteiger partial charge in [-0.05, 0) is 49.7 Å². The summed E-state index contributed by atoms with van der Waals surface area (Å²) < 4.78 is 0. The molecule has 0 spiro atoms. The van der Waals surface area contributed by atoms with Gasteiger partial charge >= 0.3 is 0 Å². The topological polar surface area (TPSA) is 27.6 Å². The summed E-state index contributed by atoms with van der Waals surface area (Å²) in [5.41, 5.74) is 3.71. The van der Waals surface area contributed by atoms with Crippen LogP contribution >= 0.6 is 23.2 Å². The Labute approximate surface area is 141 Å². The first-order valence-corrected chi connectivity index (χ1v) is 7.82. The zero-order valence-corrected chi connectivity index (χ0v) is 14.4. The Morgan fingerprint density at radius 2 is 1.95 bits per heavy atom. The molecule has 0 amide bonds. The summed E-state index contributed by atoms with van der Waals surface area (Å²) in [6.45, 7) is 4.99. The molecule has 5 heteroatoms. The van der Waals surface area contributed by atoms with Gasteiger partial charge in [-0.15, -0.1) is 0 Å². The van der Waals surface area contributed by atoms with E-state index in [1.54, 1.807) is 0 Å². The quantitative estimate of drug-likeness (QED) is 0.564. The van der Waals surface area contributed by atoms with Crippen molar-refractivity contribution in [3.05, 3.63) is 52.0 Å². The van der Waals surface area contributed by atoms with Gasteiger partial charge in [0.05, 0.1) is 12.0 Å². The largest absolute Gasteiger partial charge is 0.366 e. The van der Waals surface area contributed by atoms with E-state index in [1.807, 2.05) is 61.6 Å². The Kier molecular flexibility index (Phi) is 5.69. The van der Waals surface area contributed by atoms with Crippen LogP contribution in [0.2, 0.25) is 10.0 Å². The maximum atomic E-state index is 6.22. The number of hydrogen-bond acceptors (Lipinski definition) is 2. The van der Waals surface area contributed by atoms with Gasteiger partial charge in [-0.3, -0.25) is 0 Å². The molecule has 3 nitrogen and oxygen atoms in total. The van der Waals surface area contributed by atoms with Gasteiger partial charge in [-0.2, -0.15) is 0 Å². The second-order valence-electron chi connectivity index (χ2n) is 5.05. The van der Waals surface area contributed by atoms with Gasteiger partial charge in [0, 0.05) is 35.0 Å². The summed E-state index contributed by atoms with van der Waals surface area (Å²) in [5, 5.41) is 4.67. The monoisotopic (exact) mass is 335 g/mol. The fourth-order valence-corrected chi connectivity index (χ4v) is 2.30. The molecule has 0 bridgehead atoms. The SMILES string of the molecule is CCN(C)/C=N\c1cc(Cl)cc(Nc2cccc(Cl)c2)c1C. The molecule has 2 aromatic carbocycles. The first kappa shape index (κ1) is 16.7. The number of nitrogens with one attached hydrogen (secondary N) is 1. The lowest BCUT2D eigenvalue weighted by molar-refractivity contribution is 0.552. The third-order valence-corrected chi connectivity index (χ3v) is 3.79. The Morgan fingerprint density at radius 1 is 1.18 bits per heavy atom. The molecule has 0 aromatic heterocycles. The molecule has 0 saturated heterocycles. The van der Waals surface area contributed by atoms with Gasteiger partial charge in [0.25, 0.3) is 0 Å². The summed E-state index contributed by atoms with van der Waals surface area (Å²) in [7, 11) is 1.98. The summed E-state index contributed by atoms with van der Waals surface area (Å²) in [5.74, 6) is 0. The van der Waals surface area contributed by atoms with Crippen molar-refractivity contribution >= 4 is 46.6 Å². The third kappa shape index (κ3) is 4.39. The number of halogens is 2. The van der Waals surface area contributed by atoms with Crippen molar-refractivity contribution in [1.82, 2.24) is 4.90 Å². The minimum absolute atomic E-state index is 0.640. The molecule has 0 radical (unpaired) electrons. The fourth-order valence-electron chi connectivity index (χ4n) is 1.89.